The quantitative estimate of drug-likeness (QED) is 0.255. The van der Waals surface area contributed by atoms with Gasteiger partial charge in [0.25, 0.3) is 0 Å². The molecule has 0 unspecified atom stereocenters. The third-order valence-corrected chi connectivity index (χ3v) is 8.04. The molecule has 0 aromatic heterocycles. The molecule has 6 atom stereocenters. The summed E-state index contributed by atoms with van der Waals surface area (Å²) < 4.78 is 6.36. The maximum absolute atomic E-state index is 13.7. The summed E-state index contributed by atoms with van der Waals surface area (Å²) in [6.45, 7) is 12.9. The van der Waals surface area contributed by atoms with Crippen LogP contribution < -0.4 is 10.6 Å². The molecular weight excluding hydrogens is 625 g/mol. The van der Waals surface area contributed by atoms with Gasteiger partial charge in [0, 0.05) is 19.4 Å². The molecule has 1 aliphatic rings. The average Bonchev–Trinajstić information content (AvgIpc) is 2.85. The summed E-state index contributed by atoms with van der Waals surface area (Å²) in [6.07, 6.45) is 2.96. The zero-order valence-electron chi connectivity index (χ0n) is 24.8. The van der Waals surface area contributed by atoms with Crippen molar-refractivity contribution in [3.8, 4) is 5.75 Å². The molecular formula is C30H44IN3O6. The minimum absolute atomic E-state index is 0.107. The van der Waals surface area contributed by atoms with Gasteiger partial charge in [0.15, 0.2) is 0 Å². The number of phenolic OH excluding ortho intramolecular Hbond substituents is 1. The van der Waals surface area contributed by atoms with Crippen LogP contribution in [0.5, 0.6) is 5.75 Å². The van der Waals surface area contributed by atoms with Gasteiger partial charge in [-0.25, -0.2) is 4.79 Å². The van der Waals surface area contributed by atoms with E-state index in [1.165, 1.54) is 18.0 Å². The topological polar surface area (TPSA) is 125 Å². The molecule has 10 heteroatoms. The van der Waals surface area contributed by atoms with Gasteiger partial charge in [-0.15, -0.1) is 0 Å². The number of benzene rings is 1. The van der Waals surface area contributed by atoms with Gasteiger partial charge < -0.3 is 25.4 Å². The van der Waals surface area contributed by atoms with Gasteiger partial charge in [0.05, 0.1) is 9.67 Å². The summed E-state index contributed by atoms with van der Waals surface area (Å²) in [4.78, 5) is 54.6. The van der Waals surface area contributed by atoms with Crippen molar-refractivity contribution in [1.29, 1.82) is 0 Å². The number of rotatable bonds is 3. The molecule has 2 rings (SSSR count). The van der Waals surface area contributed by atoms with E-state index in [0.29, 0.717) is 16.4 Å². The van der Waals surface area contributed by atoms with Crippen molar-refractivity contribution >= 4 is 46.3 Å². The van der Waals surface area contributed by atoms with Gasteiger partial charge in [-0.05, 0) is 85.7 Å². The van der Waals surface area contributed by atoms with Crippen molar-refractivity contribution < 1.29 is 29.0 Å². The number of aromatic hydroxyl groups is 1. The van der Waals surface area contributed by atoms with Crippen LogP contribution in [0.4, 0.5) is 0 Å². The van der Waals surface area contributed by atoms with E-state index in [0.717, 1.165) is 11.1 Å². The second-order valence-electron chi connectivity index (χ2n) is 11.5. The number of esters is 1. The predicted molar refractivity (Wildman–Crippen MR) is 162 cm³/mol. The lowest BCUT2D eigenvalue weighted by molar-refractivity contribution is -0.155. The van der Waals surface area contributed by atoms with Crippen molar-refractivity contribution in [2.75, 3.05) is 7.05 Å². The number of ether oxygens (including phenoxy) is 1. The summed E-state index contributed by atoms with van der Waals surface area (Å²) in [5.41, 5.74) is 1.77. The van der Waals surface area contributed by atoms with Crippen molar-refractivity contribution in [3.05, 3.63) is 39.0 Å². The van der Waals surface area contributed by atoms with Gasteiger partial charge in [-0.1, -0.05) is 45.4 Å². The first-order chi connectivity index (χ1) is 18.6. The average molecular weight is 670 g/mol. The number of allylic oxidation sites excluding steroid dienone is 2. The summed E-state index contributed by atoms with van der Waals surface area (Å²) in [6, 6.07) is 2.20. The Morgan fingerprint density at radius 2 is 1.73 bits per heavy atom. The highest BCUT2D eigenvalue weighted by Crippen LogP contribution is 2.23. The van der Waals surface area contributed by atoms with E-state index < -0.39 is 35.9 Å². The number of carbonyl (C=O) groups excluding carboxylic acids is 4. The molecule has 1 aliphatic heterocycles. The fraction of sp³-hybridized carbons (Fsp3) is 0.600. The van der Waals surface area contributed by atoms with E-state index in [9.17, 15) is 24.3 Å². The Bertz CT molecular complexity index is 1120. The Balaban J connectivity index is 2.48. The molecule has 40 heavy (non-hydrogen) atoms. The molecule has 3 N–H and O–H groups in total. The van der Waals surface area contributed by atoms with Crippen molar-refractivity contribution in [3.63, 3.8) is 0 Å². The molecule has 0 saturated carbocycles. The number of likely N-dealkylation sites (N-methyl/N-ethyl adjacent to an activating group) is 1. The van der Waals surface area contributed by atoms with E-state index in [1.807, 2.05) is 64.1 Å². The van der Waals surface area contributed by atoms with Crippen LogP contribution in [0.3, 0.4) is 0 Å². The molecule has 9 nitrogen and oxygen atoms in total. The molecule has 222 valence electrons. The molecule has 0 radical (unpaired) electrons. The third-order valence-electron chi connectivity index (χ3n) is 7.17. The molecule has 0 aliphatic carbocycles. The Hall–Kier alpha value is -2.63. The highest BCUT2D eigenvalue weighted by molar-refractivity contribution is 14.1. The molecule has 1 aromatic rings. The first-order valence-corrected chi connectivity index (χ1v) is 14.9. The highest BCUT2D eigenvalue weighted by atomic mass is 127. The standard InChI is InChI=1S/C30H44IN3O6/c1-16(2)26-30(39)40-20(6)13-18(4)11-17(3)12-19(5)27(36)32-21(7)29(38)34(8)24(28(37)33-26)15-22-9-10-25(35)23(31)14-22/h9-11,14,16,18-21,24,26,35H,12-13,15H2,1-8H3,(H,32,36)(H,33,37)/b17-11+/t18-,19+,20-,21-,24-,26-/m1/s1. The Labute approximate surface area is 251 Å². The van der Waals surface area contributed by atoms with Crippen LogP contribution in [0.2, 0.25) is 0 Å². The molecule has 1 aromatic carbocycles. The lowest BCUT2D eigenvalue weighted by atomic mass is 9.95. The predicted octanol–water partition coefficient (Wildman–Crippen LogP) is 3.96. The minimum Gasteiger partial charge on any atom is -0.507 e. The van der Waals surface area contributed by atoms with Crippen LogP contribution in [0.1, 0.15) is 66.9 Å². The number of halogens is 1. The van der Waals surface area contributed by atoms with Crippen molar-refractivity contribution in [2.45, 2.75) is 92.0 Å². The monoisotopic (exact) mass is 669 g/mol. The van der Waals surface area contributed by atoms with E-state index >= 15 is 0 Å². The maximum Gasteiger partial charge on any atom is 0.329 e. The van der Waals surface area contributed by atoms with E-state index in [4.69, 9.17) is 4.74 Å². The second-order valence-corrected chi connectivity index (χ2v) is 12.7. The van der Waals surface area contributed by atoms with Crippen LogP contribution in [-0.2, 0) is 30.3 Å². The van der Waals surface area contributed by atoms with Gasteiger partial charge in [-0.2, -0.15) is 0 Å². The van der Waals surface area contributed by atoms with E-state index in [2.05, 4.69) is 16.7 Å². The Kier molecular flexibility index (Phi) is 12.5. The van der Waals surface area contributed by atoms with Crippen molar-refractivity contribution in [1.82, 2.24) is 15.5 Å². The fourth-order valence-corrected chi connectivity index (χ4v) is 5.55. The fourth-order valence-electron chi connectivity index (χ4n) is 4.97. The second kappa shape index (κ2) is 14.8. The molecule has 0 spiro atoms. The number of nitrogens with zero attached hydrogens (tertiary/aromatic N) is 1. The van der Waals surface area contributed by atoms with E-state index in [1.54, 1.807) is 19.1 Å². The number of hydrogen-bond donors (Lipinski definition) is 3. The summed E-state index contributed by atoms with van der Waals surface area (Å²) in [5.74, 6) is -2.11. The third kappa shape index (κ3) is 9.49. The van der Waals surface area contributed by atoms with Gasteiger partial charge >= 0.3 is 5.97 Å². The zero-order valence-corrected chi connectivity index (χ0v) is 26.9. The number of amides is 3. The molecule has 1 heterocycles. The lowest BCUT2D eigenvalue weighted by Gasteiger charge is -2.32. The number of cyclic esters (lactones) is 1. The van der Waals surface area contributed by atoms with Gasteiger partial charge in [0.1, 0.15) is 23.9 Å². The van der Waals surface area contributed by atoms with Crippen molar-refractivity contribution in [2.24, 2.45) is 17.8 Å². The summed E-state index contributed by atoms with van der Waals surface area (Å²) in [7, 11) is 1.52. The highest BCUT2D eigenvalue weighted by Gasteiger charge is 2.35. The smallest absolute Gasteiger partial charge is 0.329 e. The zero-order chi connectivity index (χ0) is 30.3. The summed E-state index contributed by atoms with van der Waals surface area (Å²) >= 11 is 2.00. The lowest BCUT2D eigenvalue weighted by Crippen LogP contribution is -2.57. The van der Waals surface area contributed by atoms with Crippen LogP contribution >= 0.6 is 22.6 Å². The van der Waals surface area contributed by atoms with Crippen LogP contribution in [0.25, 0.3) is 0 Å². The van der Waals surface area contributed by atoms with Crippen LogP contribution in [-0.4, -0.2) is 65.0 Å². The summed E-state index contributed by atoms with van der Waals surface area (Å²) in [5, 5.41) is 15.6. The van der Waals surface area contributed by atoms with E-state index in [-0.39, 0.29) is 41.9 Å². The molecule has 0 bridgehead atoms. The number of phenols is 1. The first kappa shape index (κ1) is 33.6. The normalized spacial score (nSPS) is 29.6. The molecule has 0 saturated heterocycles. The molecule has 3 amide bonds. The maximum atomic E-state index is 13.7. The van der Waals surface area contributed by atoms with Gasteiger partial charge in [-0.3, -0.25) is 14.4 Å². The molecule has 0 fully saturated rings. The first-order valence-electron chi connectivity index (χ1n) is 13.8. The Morgan fingerprint density at radius 3 is 2.33 bits per heavy atom. The number of nitrogens with one attached hydrogen (secondary N) is 2. The van der Waals surface area contributed by atoms with Crippen LogP contribution in [0.15, 0.2) is 29.8 Å². The Morgan fingerprint density at radius 1 is 1.07 bits per heavy atom. The largest absolute Gasteiger partial charge is 0.507 e. The number of hydrogen-bond acceptors (Lipinski definition) is 6. The van der Waals surface area contributed by atoms with Crippen LogP contribution in [0, 0.1) is 21.3 Å². The minimum atomic E-state index is -0.986. The number of carbonyl (C=O) groups is 4. The SMILES string of the molecule is C/C1=C\[C@@H](C)C[C@@H](C)OC(=O)[C@@H](C(C)C)NC(=O)[C@@H](Cc2ccc(O)c(I)c2)N(C)C(=O)[C@@H](C)NC(=O)[C@@H](C)C1. The van der Waals surface area contributed by atoms with Gasteiger partial charge in [0.2, 0.25) is 17.7 Å².